The summed E-state index contributed by atoms with van der Waals surface area (Å²) in [5.41, 5.74) is 9.33. The summed E-state index contributed by atoms with van der Waals surface area (Å²) in [6, 6.07) is 20.2. The highest BCUT2D eigenvalue weighted by atomic mass is 16.5. The number of hydrogen-bond acceptors (Lipinski definition) is 1. The van der Waals surface area contributed by atoms with E-state index >= 15 is 0 Å². The zero-order valence-corrected chi connectivity index (χ0v) is 47.0. The average Bonchev–Trinajstić information content (AvgIpc) is 3.42. The van der Waals surface area contributed by atoms with Gasteiger partial charge in [0, 0.05) is 0 Å². The molecule has 1 heteroatoms. The third-order valence-corrected chi connectivity index (χ3v) is 21.3. The molecule has 0 N–H and O–H groups in total. The van der Waals surface area contributed by atoms with Crippen molar-refractivity contribution in [3.63, 3.8) is 0 Å². The Balaban J connectivity index is 0.922. The number of benzene rings is 2. The summed E-state index contributed by atoms with van der Waals surface area (Å²) in [6.45, 7) is 10.9. The number of hydrogen-bond donors (Lipinski definition) is 0. The van der Waals surface area contributed by atoms with Crippen LogP contribution in [0.2, 0.25) is 0 Å². The molecule has 0 radical (unpaired) electrons. The first kappa shape index (κ1) is 55.1. The maximum Gasteiger partial charge on any atom is 0.0657 e. The fourth-order valence-electron chi connectivity index (χ4n) is 16.8. The lowest BCUT2D eigenvalue weighted by Crippen LogP contribution is -2.26. The summed E-state index contributed by atoms with van der Waals surface area (Å²) in [4.78, 5) is 0. The van der Waals surface area contributed by atoms with Gasteiger partial charge in [-0.15, -0.1) is 0 Å². The van der Waals surface area contributed by atoms with E-state index in [9.17, 15) is 0 Å². The largest absolute Gasteiger partial charge is 0.373 e. The molecule has 0 aliphatic heterocycles. The summed E-state index contributed by atoms with van der Waals surface area (Å²) in [5.74, 6) is 10.7. The number of allylic oxidation sites excluding steroid dienone is 2. The van der Waals surface area contributed by atoms with E-state index in [0.717, 1.165) is 72.4 Å². The summed E-state index contributed by atoms with van der Waals surface area (Å²) in [5, 5.41) is 0. The molecule has 2 aromatic rings. The quantitative estimate of drug-likeness (QED) is 0.0953. The van der Waals surface area contributed by atoms with Crippen LogP contribution in [0, 0.1) is 59.2 Å². The molecular formula is C70H110O. The highest BCUT2D eigenvalue weighted by molar-refractivity contribution is 5.69. The Morgan fingerprint density at radius 2 is 0.662 bits per heavy atom. The average molecular weight is 968 g/mol. The summed E-state index contributed by atoms with van der Waals surface area (Å²) < 4.78 is 6.79. The highest BCUT2D eigenvalue weighted by Crippen LogP contribution is 2.48. The van der Waals surface area contributed by atoms with Crippen molar-refractivity contribution in [2.45, 2.75) is 271 Å². The van der Waals surface area contributed by atoms with Crippen molar-refractivity contribution >= 4 is 11.1 Å². The van der Waals surface area contributed by atoms with Crippen LogP contribution in [-0.2, 0) is 4.74 Å². The lowest BCUT2D eigenvalue weighted by molar-refractivity contribution is 0.152. The molecule has 6 fully saturated rings. The van der Waals surface area contributed by atoms with Crippen LogP contribution in [0.5, 0.6) is 0 Å². The van der Waals surface area contributed by atoms with E-state index in [2.05, 4.69) is 88.4 Å². The van der Waals surface area contributed by atoms with Crippen molar-refractivity contribution in [1.29, 1.82) is 0 Å². The van der Waals surface area contributed by atoms with Gasteiger partial charge in [-0.25, -0.2) is 0 Å². The molecule has 6 aliphatic carbocycles. The Morgan fingerprint density at radius 3 is 0.986 bits per heavy atom. The molecular weight excluding hydrogens is 857 g/mol. The second kappa shape index (κ2) is 29.8. The van der Waals surface area contributed by atoms with Crippen molar-refractivity contribution in [2.24, 2.45) is 59.2 Å². The molecule has 0 saturated heterocycles. The molecule has 8 rings (SSSR count). The molecule has 6 saturated carbocycles. The molecule has 0 spiro atoms. The maximum absolute atomic E-state index is 6.79. The fraction of sp³-hybridized carbons (Fsp3) is 0.771. The Bertz CT molecular complexity index is 1650. The number of ether oxygens (including phenoxy) is 1. The van der Waals surface area contributed by atoms with Crippen LogP contribution in [0.25, 0.3) is 11.1 Å². The van der Waals surface area contributed by atoms with Gasteiger partial charge in [0.1, 0.15) is 0 Å². The van der Waals surface area contributed by atoms with Gasteiger partial charge in [-0.05, 0) is 233 Å². The predicted octanol–water partition coefficient (Wildman–Crippen LogP) is 21.7. The maximum atomic E-state index is 6.79. The lowest BCUT2D eigenvalue weighted by Gasteiger charge is -2.38. The Labute approximate surface area is 439 Å². The van der Waals surface area contributed by atoms with Crippen LogP contribution in [0.15, 0.2) is 60.7 Å². The first-order valence-electron chi connectivity index (χ1n) is 32.2. The standard InChI is InChI=1S/C70H110O/c1-5-9-11-15-55-21-29-59(30-22-55)63-37-45-67(46-38-63)69(65-41-33-61(34-42-65)57-25-17-53(13-7-3)18-26-57)49-51-71-52-50-70(66-43-35-62(36-44-66)58-27-19-54(14-8-4)20-28-58)68-47-39-64(40-48-68)60-31-23-56(24-32-60)16-12-10-6-2/h33-36,41-44,49-50,53-60,63-64,67-68H,5-32,37-40,45-48,51-52H2,1-4H3. The lowest BCUT2D eigenvalue weighted by atomic mass is 9.67. The van der Waals surface area contributed by atoms with E-state index in [1.807, 2.05) is 0 Å². The molecule has 1 nitrogen and oxygen atoms in total. The van der Waals surface area contributed by atoms with E-state index in [1.165, 1.54) is 242 Å². The van der Waals surface area contributed by atoms with Gasteiger partial charge in [0.05, 0.1) is 13.2 Å². The van der Waals surface area contributed by atoms with Crippen LogP contribution < -0.4 is 0 Å². The SMILES string of the molecule is CCCCCC1CCC(C2CCC(C(=CCOCC=C(c3ccc(C4CCC(CCC)CC4)cc3)C3CCC(C4CCC(CCCCC)CC4)CC3)c3ccc(C4CCC(CCC)CC4)cc3)CC2)CC1. The zero-order chi connectivity index (χ0) is 49.0. The van der Waals surface area contributed by atoms with Gasteiger partial charge in [-0.3, -0.25) is 0 Å². The Hall–Kier alpha value is -2.12. The zero-order valence-electron chi connectivity index (χ0n) is 47.0. The van der Waals surface area contributed by atoms with Crippen molar-refractivity contribution in [3.8, 4) is 0 Å². The fourth-order valence-corrected chi connectivity index (χ4v) is 16.8. The number of rotatable bonds is 24. The highest BCUT2D eigenvalue weighted by Gasteiger charge is 2.34. The van der Waals surface area contributed by atoms with Gasteiger partial charge in [0.15, 0.2) is 0 Å². The first-order valence-corrected chi connectivity index (χ1v) is 32.2. The second-order valence-electron chi connectivity index (χ2n) is 25.9. The Kier molecular flexibility index (Phi) is 23.2. The van der Waals surface area contributed by atoms with Crippen LogP contribution >= 0.6 is 0 Å². The van der Waals surface area contributed by atoms with Gasteiger partial charge < -0.3 is 4.74 Å². The molecule has 2 aromatic carbocycles. The predicted molar refractivity (Wildman–Crippen MR) is 309 cm³/mol. The van der Waals surface area contributed by atoms with Gasteiger partial charge in [0.2, 0.25) is 0 Å². The van der Waals surface area contributed by atoms with Crippen LogP contribution in [0.3, 0.4) is 0 Å². The normalized spacial score (nSPS) is 32.5. The molecule has 0 heterocycles. The van der Waals surface area contributed by atoms with Gasteiger partial charge in [-0.1, -0.05) is 191 Å². The van der Waals surface area contributed by atoms with Crippen LogP contribution in [0.4, 0.5) is 0 Å². The minimum absolute atomic E-state index is 0.660. The summed E-state index contributed by atoms with van der Waals surface area (Å²) in [7, 11) is 0. The minimum Gasteiger partial charge on any atom is -0.373 e. The van der Waals surface area contributed by atoms with Gasteiger partial charge >= 0.3 is 0 Å². The molecule has 0 atom stereocenters. The molecule has 0 aromatic heterocycles. The van der Waals surface area contributed by atoms with Gasteiger partial charge in [-0.2, -0.15) is 0 Å². The smallest absolute Gasteiger partial charge is 0.0657 e. The van der Waals surface area contributed by atoms with Crippen molar-refractivity contribution < 1.29 is 4.74 Å². The van der Waals surface area contributed by atoms with E-state index in [-0.39, 0.29) is 0 Å². The third-order valence-electron chi connectivity index (χ3n) is 21.3. The summed E-state index contributed by atoms with van der Waals surface area (Å²) >= 11 is 0. The van der Waals surface area contributed by atoms with Crippen molar-refractivity contribution in [1.82, 2.24) is 0 Å². The van der Waals surface area contributed by atoms with Crippen molar-refractivity contribution in [2.75, 3.05) is 13.2 Å². The second-order valence-corrected chi connectivity index (χ2v) is 25.9. The van der Waals surface area contributed by atoms with E-state index < -0.39 is 0 Å². The Morgan fingerprint density at radius 1 is 0.352 bits per heavy atom. The molecule has 396 valence electrons. The molecule has 0 unspecified atom stereocenters. The number of unbranched alkanes of at least 4 members (excludes halogenated alkanes) is 4. The van der Waals surface area contributed by atoms with E-state index in [4.69, 9.17) is 4.74 Å². The molecule has 71 heavy (non-hydrogen) atoms. The van der Waals surface area contributed by atoms with Crippen LogP contribution in [-0.4, -0.2) is 13.2 Å². The topological polar surface area (TPSA) is 9.23 Å². The first-order chi connectivity index (χ1) is 35.0. The molecule has 0 bridgehead atoms. The molecule has 6 aliphatic rings. The van der Waals surface area contributed by atoms with Crippen molar-refractivity contribution in [3.05, 3.63) is 82.9 Å². The minimum atomic E-state index is 0.660. The third kappa shape index (κ3) is 16.4. The molecule has 0 amide bonds. The van der Waals surface area contributed by atoms with E-state index in [0.29, 0.717) is 11.8 Å². The monoisotopic (exact) mass is 967 g/mol. The summed E-state index contributed by atoms with van der Waals surface area (Å²) in [6.07, 6.45) is 56.6. The van der Waals surface area contributed by atoms with Gasteiger partial charge in [0.25, 0.3) is 0 Å². The van der Waals surface area contributed by atoms with E-state index in [1.54, 1.807) is 22.3 Å². The van der Waals surface area contributed by atoms with Crippen LogP contribution in [0.1, 0.15) is 293 Å².